The minimum atomic E-state index is 0.440. The lowest BCUT2D eigenvalue weighted by atomic mass is 9.91. The van der Waals surface area contributed by atoms with Crippen molar-refractivity contribution in [2.45, 2.75) is 51.1 Å². The van der Waals surface area contributed by atoms with Crippen LogP contribution in [-0.2, 0) is 0 Å². The second kappa shape index (κ2) is 8.02. The number of hydrogen-bond donors (Lipinski definition) is 1. The molecule has 1 N–H and O–H groups in total. The summed E-state index contributed by atoms with van der Waals surface area (Å²) in [6, 6.07) is 9.56. The Kier molecular flexibility index (Phi) is 6.34. The molecule has 0 bridgehead atoms. The maximum absolute atomic E-state index is 5.99. The van der Waals surface area contributed by atoms with Crippen LogP contribution in [0.5, 0.6) is 0 Å². The maximum Gasteiger partial charge on any atom is 0.0406 e. The lowest BCUT2D eigenvalue weighted by Gasteiger charge is -2.35. The van der Waals surface area contributed by atoms with Gasteiger partial charge < -0.3 is 10.2 Å². The normalized spacial score (nSPS) is 17.2. The summed E-state index contributed by atoms with van der Waals surface area (Å²) in [7, 11) is 2.27. The molecule has 0 radical (unpaired) electrons. The summed E-state index contributed by atoms with van der Waals surface area (Å²) in [4.78, 5) is 2.53. The zero-order valence-corrected chi connectivity index (χ0v) is 13.5. The van der Waals surface area contributed by atoms with Crippen molar-refractivity contribution in [3.63, 3.8) is 0 Å². The highest BCUT2D eigenvalue weighted by atomic mass is 35.5. The van der Waals surface area contributed by atoms with Gasteiger partial charge >= 0.3 is 0 Å². The van der Waals surface area contributed by atoms with E-state index in [2.05, 4.69) is 36.3 Å². The van der Waals surface area contributed by atoms with Gasteiger partial charge in [0.2, 0.25) is 0 Å². The van der Waals surface area contributed by atoms with Gasteiger partial charge in [-0.2, -0.15) is 0 Å². The van der Waals surface area contributed by atoms with E-state index in [9.17, 15) is 0 Å². The molecule has 112 valence electrons. The Hall–Kier alpha value is -0.570. The third-order valence-corrected chi connectivity index (χ3v) is 4.63. The minimum Gasteiger partial charge on any atom is -0.310 e. The van der Waals surface area contributed by atoms with Gasteiger partial charge in [0.05, 0.1) is 0 Å². The molecule has 0 saturated heterocycles. The average Bonchev–Trinajstić information content (AvgIpc) is 2.38. The van der Waals surface area contributed by atoms with Gasteiger partial charge in [0, 0.05) is 17.1 Å². The van der Waals surface area contributed by atoms with Gasteiger partial charge in [-0.05, 0) is 63.5 Å². The topological polar surface area (TPSA) is 15.3 Å². The van der Waals surface area contributed by atoms with Gasteiger partial charge in [-0.1, -0.05) is 37.1 Å². The predicted octanol–water partition coefficient (Wildman–Crippen LogP) is 4.26. The number of benzene rings is 1. The predicted molar refractivity (Wildman–Crippen MR) is 87.4 cm³/mol. The first-order valence-electron chi connectivity index (χ1n) is 7.89. The van der Waals surface area contributed by atoms with Crippen LogP contribution in [0, 0.1) is 0 Å². The summed E-state index contributed by atoms with van der Waals surface area (Å²) in [6.07, 6.45) is 6.50. The van der Waals surface area contributed by atoms with Crippen LogP contribution in [0.25, 0.3) is 0 Å². The smallest absolute Gasteiger partial charge is 0.0406 e. The molecule has 1 aromatic carbocycles. The van der Waals surface area contributed by atoms with Crippen molar-refractivity contribution in [3.8, 4) is 0 Å². The molecule has 0 spiro atoms. The van der Waals surface area contributed by atoms with Gasteiger partial charge in [-0.3, -0.25) is 0 Å². The van der Waals surface area contributed by atoms with Gasteiger partial charge in [-0.25, -0.2) is 0 Å². The molecule has 0 aliphatic heterocycles. The minimum absolute atomic E-state index is 0.440. The maximum atomic E-state index is 5.99. The van der Waals surface area contributed by atoms with Crippen molar-refractivity contribution in [1.29, 1.82) is 0 Å². The summed E-state index contributed by atoms with van der Waals surface area (Å²) < 4.78 is 0. The number of rotatable bonds is 8. The number of nitrogens with zero attached hydrogens (tertiary/aromatic N) is 1. The first-order valence-corrected chi connectivity index (χ1v) is 8.27. The monoisotopic (exact) mass is 294 g/mol. The molecule has 2 rings (SSSR count). The summed E-state index contributed by atoms with van der Waals surface area (Å²) in [5.74, 6) is 0. The molecule has 1 aromatic rings. The fourth-order valence-corrected chi connectivity index (χ4v) is 2.87. The number of hydrogen-bond acceptors (Lipinski definition) is 2. The van der Waals surface area contributed by atoms with E-state index in [1.165, 1.54) is 31.2 Å². The zero-order chi connectivity index (χ0) is 14.4. The van der Waals surface area contributed by atoms with Crippen LogP contribution < -0.4 is 5.32 Å². The van der Waals surface area contributed by atoms with Gasteiger partial charge in [-0.15, -0.1) is 0 Å². The van der Waals surface area contributed by atoms with Gasteiger partial charge in [0.25, 0.3) is 0 Å². The van der Waals surface area contributed by atoms with E-state index in [0.29, 0.717) is 6.04 Å². The largest absolute Gasteiger partial charge is 0.310 e. The van der Waals surface area contributed by atoms with Crippen molar-refractivity contribution in [1.82, 2.24) is 10.2 Å². The van der Waals surface area contributed by atoms with E-state index in [-0.39, 0.29) is 0 Å². The van der Waals surface area contributed by atoms with E-state index in [4.69, 9.17) is 11.6 Å². The first-order chi connectivity index (χ1) is 9.70. The van der Waals surface area contributed by atoms with E-state index in [1.807, 2.05) is 12.1 Å². The third-order valence-electron chi connectivity index (χ3n) is 4.38. The SMILES string of the molecule is CCCNC(CCN(C)C1CCC1)c1ccc(Cl)cc1. The zero-order valence-electron chi connectivity index (χ0n) is 12.7. The molecule has 3 heteroatoms. The van der Waals surface area contributed by atoms with E-state index >= 15 is 0 Å². The van der Waals surface area contributed by atoms with Crippen molar-refractivity contribution in [3.05, 3.63) is 34.9 Å². The van der Waals surface area contributed by atoms with Crippen molar-refractivity contribution >= 4 is 11.6 Å². The van der Waals surface area contributed by atoms with Crippen LogP contribution in [0.4, 0.5) is 0 Å². The summed E-state index contributed by atoms with van der Waals surface area (Å²) in [5, 5.41) is 4.48. The molecular weight excluding hydrogens is 268 g/mol. The van der Waals surface area contributed by atoms with Crippen molar-refractivity contribution in [2.24, 2.45) is 0 Å². The van der Waals surface area contributed by atoms with Crippen LogP contribution in [0.1, 0.15) is 50.6 Å². The molecule has 20 heavy (non-hydrogen) atoms. The molecule has 0 amide bonds. The van der Waals surface area contributed by atoms with Gasteiger partial charge in [0.15, 0.2) is 0 Å². The molecule has 1 saturated carbocycles. The molecule has 2 nitrogen and oxygen atoms in total. The summed E-state index contributed by atoms with van der Waals surface area (Å²) in [6.45, 7) is 4.45. The van der Waals surface area contributed by atoms with Crippen LogP contribution in [-0.4, -0.2) is 31.1 Å². The lowest BCUT2D eigenvalue weighted by Crippen LogP contribution is -2.39. The number of nitrogens with one attached hydrogen (secondary N) is 1. The van der Waals surface area contributed by atoms with Crippen LogP contribution in [0.2, 0.25) is 5.02 Å². The van der Waals surface area contributed by atoms with E-state index < -0.39 is 0 Å². The number of halogens is 1. The Labute approximate surface area is 128 Å². The van der Waals surface area contributed by atoms with Crippen molar-refractivity contribution < 1.29 is 0 Å². The first kappa shape index (κ1) is 15.8. The second-order valence-electron chi connectivity index (χ2n) is 5.91. The molecule has 1 unspecified atom stereocenters. The quantitative estimate of drug-likeness (QED) is 0.771. The van der Waals surface area contributed by atoms with E-state index in [1.54, 1.807) is 0 Å². The summed E-state index contributed by atoms with van der Waals surface area (Å²) >= 11 is 5.99. The fraction of sp³-hybridized carbons (Fsp3) is 0.647. The fourth-order valence-electron chi connectivity index (χ4n) is 2.74. The molecular formula is C17H27ClN2. The Balaban J connectivity index is 1.90. The van der Waals surface area contributed by atoms with Crippen LogP contribution >= 0.6 is 11.6 Å². The highest BCUT2D eigenvalue weighted by molar-refractivity contribution is 6.30. The van der Waals surface area contributed by atoms with Crippen molar-refractivity contribution in [2.75, 3.05) is 20.1 Å². The third kappa shape index (κ3) is 4.47. The highest BCUT2D eigenvalue weighted by Crippen LogP contribution is 2.25. The molecule has 1 aliphatic rings. The second-order valence-corrected chi connectivity index (χ2v) is 6.35. The molecule has 0 heterocycles. The Morgan fingerprint density at radius 1 is 1.30 bits per heavy atom. The standard InChI is InChI=1S/C17H27ClN2/c1-3-12-19-17(14-7-9-15(18)10-8-14)11-13-20(2)16-5-4-6-16/h7-10,16-17,19H,3-6,11-13H2,1-2H3. The highest BCUT2D eigenvalue weighted by Gasteiger charge is 2.22. The van der Waals surface area contributed by atoms with E-state index in [0.717, 1.165) is 30.6 Å². The molecule has 1 atom stereocenters. The van der Waals surface area contributed by atoms with Gasteiger partial charge in [0.1, 0.15) is 0 Å². The Morgan fingerprint density at radius 3 is 2.55 bits per heavy atom. The molecule has 1 fully saturated rings. The molecule has 0 aromatic heterocycles. The lowest BCUT2D eigenvalue weighted by molar-refractivity contribution is 0.153. The Morgan fingerprint density at radius 2 is 2.00 bits per heavy atom. The average molecular weight is 295 g/mol. The van der Waals surface area contributed by atoms with Crippen LogP contribution in [0.15, 0.2) is 24.3 Å². The summed E-state index contributed by atoms with van der Waals surface area (Å²) in [5.41, 5.74) is 1.35. The molecule has 1 aliphatic carbocycles. The Bertz CT molecular complexity index is 386. The van der Waals surface area contributed by atoms with Crippen LogP contribution in [0.3, 0.4) is 0 Å².